The number of fused-ring (bicyclic) bond motifs is 1. The summed E-state index contributed by atoms with van der Waals surface area (Å²) in [5.41, 5.74) is 0.683. The molecule has 27 heavy (non-hydrogen) atoms. The first-order valence-electron chi connectivity index (χ1n) is 8.30. The first-order chi connectivity index (χ1) is 12.8. The van der Waals surface area contributed by atoms with Gasteiger partial charge >= 0.3 is 0 Å². The van der Waals surface area contributed by atoms with Crippen molar-refractivity contribution in [2.24, 2.45) is 0 Å². The van der Waals surface area contributed by atoms with Gasteiger partial charge in [0.1, 0.15) is 12.1 Å². The van der Waals surface area contributed by atoms with Gasteiger partial charge in [-0.3, -0.25) is 4.90 Å². The quantitative estimate of drug-likeness (QED) is 0.696. The smallest absolute Gasteiger partial charge is 0.230 e. The summed E-state index contributed by atoms with van der Waals surface area (Å²) in [4.78, 5) is 7.30. The van der Waals surface area contributed by atoms with Crippen LogP contribution < -0.4 is 0 Å². The number of nitrogens with zero attached hydrogens (tertiary/aromatic N) is 5. The van der Waals surface area contributed by atoms with E-state index in [1.807, 2.05) is 4.90 Å². The van der Waals surface area contributed by atoms with E-state index in [9.17, 15) is 17.9 Å². The van der Waals surface area contributed by atoms with Gasteiger partial charge in [-0.25, -0.2) is 17.8 Å². The first kappa shape index (κ1) is 18.3. The van der Waals surface area contributed by atoms with Gasteiger partial charge < -0.3 is 5.11 Å². The number of aromatic nitrogens is 3. The predicted molar refractivity (Wildman–Crippen MR) is 98.8 cm³/mol. The molecule has 0 bridgehead atoms. The van der Waals surface area contributed by atoms with Gasteiger partial charge in [0.2, 0.25) is 20.9 Å². The van der Waals surface area contributed by atoms with E-state index in [2.05, 4.69) is 10.1 Å². The highest BCUT2D eigenvalue weighted by atomic mass is 32.2. The second kappa shape index (κ2) is 6.82. The monoisotopic (exact) mass is 411 g/mol. The molecule has 1 saturated heterocycles. The third-order valence-corrected chi connectivity index (χ3v) is 7.05. The van der Waals surface area contributed by atoms with Crippen molar-refractivity contribution in [2.45, 2.75) is 6.04 Å². The van der Waals surface area contributed by atoms with Gasteiger partial charge in [-0.2, -0.15) is 13.9 Å². The molecule has 1 aliphatic heterocycles. The molecule has 1 aliphatic rings. The summed E-state index contributed by atoms with van der Waals surface area (Å²) < 4.78 is 40.2. The number of benzene rings is 1. The molecular weight excluding hydrogens is 393 g/mol. The third-order valence-electron chi connectivity index (χ3n) is 4.66. The fourth-order valence-electron chi connectivity index (χ4n) is 3.37. The second-order valence-electron chi connectivity index (χ2n) is 6.40. The van der Waals surface area contributed by atoms with Crippen LogP contribution in [0.5, 0.6) is 5.88 Å². The summed E-state index contributed by atoms with van der Waals surface area (Å²) >= 11 is 1.28. The molecule has 11 heteroatoms. The van der Waals surface area contributed by atoms with Gasteiger partial charge in [0.25, 0.3) is 0 Å². The Balaban J connectivity index is 1.73. The van der Waals surface area contributed by atoms with E-state index in [4.69, 9.17) is 0 Å². The number of thiazole rings is 1. The Morgan fingerprint density at radius 2 is 2.00 bits per heavy atom. The third kappa shape index (κ3) is 3.43. The van der Waals surface area contributed by atoms with Crippen molar-refractivity contribution < 1.29 is 17.9 Å². The maximum absolute atomic E-state index is 13.9. The van der Waals surface area contributed by atoms with Gasteiger partial charge in [-0.15, -0.1) is 0 Å². The number of hydrogen-bond acceptors (Lipinski definition) is 7. The first-order valence-corrected chi connectivity index (χ1v) is 11.0. The minimum atomic E-state index is -3.25. The highest BCUT2D eigenvalue weighted by molar-refractivity contribution is 7.88. The molecule has 0 aliphatic carbocycles. The number of sulfonamides is 1. The van der Waals surface area contributed by atoms with E-state index in [1.165, 1.54) is 44.9 Å². The molecule has 8 nitrogen and oxygen atoms in total. The zero-order valence-corrected chi connectivity index (χ0v) is 16.1. The molecule has 1 N–H and O–H groups in total. The van der Waals surface area contributed by atoms with Crippen molar-refractivity contribution in [3.8, 4) is 5.88 Å². The lowest BCUT2D eigenvalue weighted by molar-refractivity contribution is 0.155. The fourth-order valence-corrected chi connectivity index (χ4v) is 5.29. The Morgan fingerprint density at radius 1 is 1.26 bits per heavy atom. The Hall–Kier alpha value is -2.08. The molecule has 0 spiro atoms. The van der Waals surface area contributed by atoms with Crippen LogP contribution in [-0.4, -0.2) is 69.8 Å². The van der Waals surface area contributed by atoms with Crippen molar-refractivity contribution >= 4 is 26.3 Å². The summed E-state index contributed by atoms with van der Waals surface area (Å²) in [5.74, 6) is -0.404. The zero-order chi connectivity index (χ0) is 19.2. The zero-order valence-electron chi connectivity index (χ0n) is 14.5. The van der Waals surface area contributed by atoms with E-state index >= 15 is 0 Å². The summed E-state index contributed by atoms with van der Waals surface area (Å²) in [6, 6.07) is 5.80. The normalized spacial score (nSPS) is 18.1. The lowest BCUT2D eigenvalue weighted by atomic mass is 10.0. The van der Waals surface area contributed by atoms with Crippen LogP contribution >= 0.6 is 11.3 Å². The number of halogens is 1. The number of hydrogen-bond donors (Lipinski definition) is 1. The number of piperazine rings is 1. The minimum absolute atomic E-state index is 0.0349. The summed E-state index contributed by atoms with van der Waals surface area (Å²) in [6.07, 6.45) is 2.55. The van der Waals surface area contributed by atoms with Crippen LogP contribution in [0.25, 0.3) is 4.96 Å². The van der Waals surface area contributed by atoms with E-state index in [0.717, 1.165) is 0 Å². The lowest BCUT2D eigenvalue weighted by Crippen LogP contribution is -2.49. The molecule has 0 unspecified atom stereocenters. The summed E-state index contributed by atoms with van der Waals surface area (Å²) in [7, 11) is -3.25. The van der Waals surface area contributed by atoms with Crippen molar-refractivity contribution in [1.29, 1.82) is 0 Å². The van der Waals surface area contributed by atoms with Gasteiger partial charge in [-0.1, -0.05) is 23.5 Å². The second-order valence-corrected chi connectivity index (χ2v) is 9.39. The molecule has 3 heterocycles. The topological polar surface area (TPSA) is 91.0 Å². The average molecular weight is 411 g/mol. The lowest BCUT2D eigenvalue weighted by Gasteiger charge is -2.38. The molecule has 2 aromatic heterocycles. The van der Waals surface area contributed by atoms with E-state index in [0.29, 0.717) is 41.6 Å². The molecule has 1 aromatic carbocycles. The van der Waals surface area contributed by atoms with Crippen LogP contribution in [0.1, 0.15) is 16.5 Å². The molecule has 1 atom stereocenters. The van der Waals surface area contributed by atoms with E-state index < -0.39 is 16.1 Å². The standard InChI is InChI=1S/C16H18FN5O3S2/c1-27(24,25)21-7-5-20(6-8-21)13(11-3-2-4-12(17)9-11)14-15(23)22-16(26-14)18-10-19-22/h2-4,9-10,13,23H,5-8H2,1H3/t13-/m0/s1. The van der Waals surface area contributed by atoms with Crippen molar-refractivity contribution in [3.05, 3.63) is 46.9 Å². The summed E-state index contributed by atoms with van der Waals surface area (Å²) in [6.45, 7) is 1.60. The van der Waals surface area contributed by atoms with Crippen molar-refractivity contribution in [1.82, 2.24) is 23.8 Å². The fraction of sp³-hybridized carbons (Fsp3) is 0.375. The maximum Gasteiger partial charge on any atom is 0.230 e. The molecule has 0 amide bonds. The van der Waals surface area contributed by atoms with Crippen LogP contribution in [-0.2, 0) is 10.0 Å². The Kier molecular flexibility index (Phi) is 4.62. The Morgan fingerprint density at radius 3 is 2.63 bits per heavy atom. The van der Waals surface area contributed by atoms with Crippen molar-refractivity contribution in [3.63, 3.8) is 0 Å². The van der Waals surface area contributed by atoms with Gasteiger partial charge in [-0.05, 0) is 17.7 Å². The highest BCUT2D eigenvalue weighted by Crippen LogP contribution is 2.40. The van der Waals surface area contributed by atoms with E-state index in [1.54, 1.807) is 12.1 Å². The van der Waals surface area contributed by atoms with Crippen LogP contribution in [0.4, 0.5) is 4.39 Å². The van der Waals surface area contributed by atoms with Crippen LogP contribution in [0.3, 0.4) is 0 Å². The van der Waals surface area contributed by atoms with Crippen LogP contribution in [0.15, 0.2) is 30.6 Å². The van der Waals surface area contributed by atoms with Crippen LogP contribution in [0.2, 0.25) is 0 Å². The van der Waals surface area contributed by atoms with Gasteiger partial charge in [0.05, 0.1) is 17.2 Å². The number of aromatic hydroxyl groups is 1. The van der Waals surface area contributed by atoms with E-state index in [-0.39, 0.29) is 11.7 Å². The molecule has 0 saturated carbocycles. The molecular formula is C16H18FN5O3S2. The van der Waals surface area contributed by atoms with Gasteiger partial charge in [0.15, 0.2) is 0 Å². The molecule has 1 fully saturated rings. The minimum Gasteiger partial charge on any atom is -0.492 e. The van der Waals surface area contributed by atoms with Crippen molar-refractivity contribution in [2.75, 3.05) is 32.4 Å². The largest absolute Gasteiger partial charge is 0.492 e. The predicted octanol–water partition coefficient (Wildman–Crippen LogP) is 1.30. The summed E-state index contributed by atoms with van der Waals surface area (Å²) in [5, 5.41) is 14.6. The highest BCUT2D eigenvalue weighted by Gasteiger charge is 2.33. The number of rotatable bonds is 4. The average Bonchev–Trinajstić information content (AvgIpc) is 3.19. The molecule has 3 aromatic rings. The maximum atomic E-state index is 13.9. The Labute approximate surface area is 159 Å². The molecule has 0 radical (unpaired) electrons. The SMILES string of the molecule is CS(=O)(=O)N1CCN([C@@H](c2cccc(F)c2)c2sc3ncnn3c2O)CC1. The molecule has 144 valence electrons. The van der Waals surface area contributed by atoms with Gasteiger partial charge in [0, 0.05) is 26.2 Å². The molecule has 4 rings (SSSR count). The van der Waals surface area contributed by atoms with Crippen LogP contribution in [0, 0.1) is 5.82 Å². The Bertz CT molecular complexity index is 1070.